The van der Waals surface area contributed by atoms with E-state index >= 15 is 0 Å². The Morgan fingerprint density at radius 3 is 2.39 bits per heavy atom. The van der Waals surface area contributed by atoms with E-state index in [-0.39, 0.29) is 18.4 Å². The number of carbonyl (C=O) groups excluding carboxylic acids is 1. The second kappa shape index (κ2) is 6.45. The lowest BCUT2D eigenvalue weighted by atomic mass is 9.66. The van der Waals surface area contributed by atoms with Crippen LogP contribution < -0.4 is 0 Å². The molecule has 1 amide bonds. The Kier molecular flexibility index (Phi) is 5.50. The topological polar surface area (TPSA) is 57.6 Å². The molecule has 0 aromatic heterocycles. The van der Waals surface area contributed by atoms with Gasteiger partial charge in [-0.05, 0) is 25.5 Å². The highest BCUT2D eigenvalue weighted by molar-refractivity contribution is 7.98. The number of nitrogens with zero attached hydrogens (tertiary/aromatic N) is 1. The predicted octanol–water partition coefficient (Wildman–Crippen LogP) is 2.23. The minimum Gasteiger partial charge on any atom is -0.481 e. The normalized spacial score (nSPS) is 18.8. The standard InChI is InChI=1S/C13H23NO3S/c1-4-10(9-18-3)14(2)11(15)8-13(12(16)17)6-5-7-13/h10H,4-9H2,1-3H3,(H,16,17). The molecule has 1 aliphatic rings. The van der Waals surface area contributed by atoms with E-state index in [2.05, 4.69) is 6.92 Å². The average Bonchev–Trinajstić information content (AvgIpc) is 2.29. The van der Waals surface area contributed by atoms with Crippen molar-refractivity contribution in [1.29, 1.82) is 0 Å². The van der Waals surface area contributed by atoms with Crippen LogP contribution in [-0.4, -0.2) is 47.0 Å². The second-order valence-corrected chi connectivity index (χ2v) is 6.05. The third-order valence-corrected chi connectivity index (χ3v) is 4.74. The molecule has 0 aromatic carbocycles. The van der Waals surface area contributed by atoms with Crippen LogP contribution in [-0.2, 0) is 9.59 Å². The first kappa shape index (κ1) is 15.3. The molecule has 104 valence electrons. The summed E-state index contributed by atoms with van der Waals surface area (Å²) in [5.74, 6) is 0.0603. The van der Waals surface area contributed by atoms with Crippen LogP contribution >= 0.6 is 11.8 Å². The van der Waals surface area contributed by atoms with Crippen LogP contribution in [0, 0.1) is 5.41 Å². The van der Waals surface area contributed by atoms with Gasteiger partial charge in [-0.1, -0.05) is 13.3 Å². The second-order valence-electron chi connectivity index (χ2n) is 5.14. The van der Waals surface area contributed by atoms with Gasteiger partial charge in [0, 0.05) is 25.3 Å². The third-order valence-electron chi connectivity index (χ3n) is 4.03. The molecule has 0 aliphatic heterocycles. The van der Waals surface area contributed by atoms with Crippen molar-refractivity contribution in [3.05, 3.63) is 0 Å². The molecule has 1 aliphatic carbocycles. The number of thioether (sulfide) groups is 1. The first-order chi connectivity index (χ1) is 8.46. The Balaban J connectivity index is 2.61. The number of carboxylic acid groups (broad SMARTS) is 1. The van der Waals surface area contributed by atoms with Crippen molar-refractivity contribution < 1.29 is 14.7 Å². The van der Waals surface area contributed by atoms with Crippen LogP contribution in [0.4, 0.5) is 0 Å². The van der Waals surface area contributed by atoms with Crippen LogP contribution in [0.15, 0.2) is 0 Å². The van der Waals surface area contributed by atoms with E-state index in [1.807, 2.05) is 6.26 Å². The molecule has 1 atom stereocenters. The fraction of sp³-hybridized carbons (Fsp3) is 0.846. The Hall–Kier alpha value is -0.710. The number of carboxylic acids is 1. The highest BCUT2D eigenvalue weighted by Gasteiger charge is 2.46. The van der Waals surface area contributed by atoms with Gasteiger partial charge in [0.05, 0.1) is 5.41 Å². The van der Waals surface area contributed by atoms with Gasteiger partial charge >= 0.3 is 5.97 Å². The maximum Gasteiger partial charge on any atom is 0.310 e. The summed E-state index contributed by atoms with van der Waals surface area (Å²) in [6, 6.07) is 0.207. The molecule has 0 radical (unpaired) electrons. The smallest absolute Gasteiger partial charge is 0.310 e. The van der Waals surface area contributed by atoms with E-state index in [4.69, 9.17) is 0 Å². The van der Waals surface area contributed by atoms with Crippen molar-refractivity contribution in [2.24, 2.45) is 5.41 Å². The van der Waals surface area contributed by atoms with E-state index in [9.17, 15) is 14.7 Å². The molecule has 0 aromatic rings. The van der Waals surface area contributed by atoms with Gasteiger partial charge in [-0.2, -0.15) is 11.8 Å². The first-order valence-electron chi connectivity index (χ1n) is 6.45. The van der Waals surface area contributed by atoms with Crippen molar-refractivity contribution in [3.63, 3.8) is 0 Å². The van der Waals surface area contributed by atoms with E-state index in [1.165, 1.54) is 0 Å². The Bertz CT molecular complexity index is 315. The van der Waals surface area contributed by atoms with Gasteiger partial charge in [-0.15, -0.1) is 0 Å². The molecule has 1 saturated carbocycles. The van der Waals surface area contributed by atoms with E-state index in [1.54, 1.807) is 23.7 Å². The lowest BCUT2D eigenvalue weighted by molar-refractivity contribution is -0.159. The van der Waals surface area contributed by atoms with Crippen molar-refractivity contribution in [3.8, 4) is 0 Å². The molecule has 4 nitrogen and oxygen atoms in total. The zero-order valence-corrected chi connectivity index (χ0v) is 12.3. The quantitative estimate of drug-likeness (QED) is 0.773. The molecular weight excluding hydrogens is 250 g/mol. The zero-order valence-electron chi connectivity index (χ0n) is 11.4. The van der Waals surface area contributed by atoms with E-state index in [0.29, 0.717) is 12.8 Å². The van der Waals surface area contributed by atoms with Crippen LogP contribution in [0.5, 0.6) is 0 Å². The van der Waals surface area contributed by atoms with Gasteiger partial charge < -0.3 is 10.0 Å². The monoisotopic (exact) mass is 273 g/mol. The summed E-state index contributed by atoms with van der Waals surface area (Å²) in [6.07, 6.45) is 5.28. The average molecular weight is 273 g/mol. The molecular formula is C13H23NO3S. The highest BCUT2D eigenvalue weighted by atomic mass is 32.2. The van der Waals surface area contributed by atoms with Gasteiger partial charge in [0.15, 0.2) is 0 Å². The van der Waals surface area contributed by atoms with Gasteiger partial charge in [0.1, 0.15) is 0 Å². The van der Waals surface area contributed by atoms with Crippen LogP contribution in [0.3, 0.4) is 0 Å². The summed E-state index contributed by atoms with van der Waals surface area (Å²) in [5, 5.41) is 9.24. The summed E-state index contributed by atoms with van der Waals surface area (Å²) in [6.45, 7) is 2.06. The summed E-state index contributed by atoms with van der Waals surface area (Å²) in [7, 11) is 1.79. The largest absolute Gasteiger partial charge is 0.481 e. The van der Waals surface area contributed by atoms with Gasteiger partial charge in [-0.3, -0.25) is 9.59 Å². The van der Waals surface area contributed by atoms with Gasteiger partial charge in [0.25, 0.3) is 0 Å². The lowest BCUT2D eigenvalue weighted by Crippen LogP contribution is -2.46. The number of rotatable bonds is 7. The minimum atomic E-state index is -0.812. The predicted molar refractivity (Wildman–Crippen MR) is 73.8 cm³/mol. The Labute approximate surface area is 113 Å². The summed E-state index contributed by atoms with van der Waals surface area (Å²) < 4.78 is 0. The SMILES string of the molecule is CCC(CSC)N(C)C(=O)CC1(C(=O)O)CCC1. The molecule has 1 unspecified atom stereocenters. The summed E-state index contributed by atoms with van der Waals surface area (Å²) >= 11 is 1.71. The maximum absolute atomic E-state index is 12.2. The Morgan fingerprint density at radius 1 is 1.44 bits per heavy atom. The van der Waals surface area contributed by atoms with Gasteiger partial charge in [-0.25, -0.2) is 0 Å². The molecule has 18 heavy (non-hydrogen) atoms. The fourth-order valence-electron chi connectivity index (χ4n) is 2.38. The molecule has 0 spiro atoms. The van der Waals surface area contributed by atoms with Crippen LogP contribution in [0.2, 0.25) is 0 Å². The maximum atomic E-state index is 12.2. The van der Waals surface area contributed by atoms with Crippen molar-refractivity contribution in [1.82, 2.24) is 4.90 Å². The lowest BCUT2D eigenvalue weighted by Gasteiger charge is -2.39. The molecule has 0 saturated heterocycles. The van der Waals surface area contributed by atoms with E-state index in [0.717, 1.165) is 18.6 Å². The number of hydrogen-bond donors (Lipinski definition) is 1. The minimum absolute atomic E-state index is 0.0296. The molecule has 0 heterocycles. The fourth-order valence-corrected chi connectivity index (χ4v) is 3.23. The summed E-state index contributed by atoms with van der Waals surface area (Å²) in [5.41, 5.74) is -0.775. The van der Waals surface area contributed by atoms with Crippen molar-refractivity contribution in [2.75, 3.05) is 19.1 Å². The molecule has 1 N–H and O–H groups in total. The number of hydrogen-bond acceptors (Lipinski definition) is 3. The van der Waals surface area contributed by atoms with Crippen molar-refractivity contribution in [2.45, 2.75) is 45.1 Å². The highest BCUT2D eigenvalue weighted by Crippen LogP contribution is 2.44. The molecule has 1 rings (SSSR count). The van der Waals surface area contributed by atoms with E-state index < -0.39 is 11.4 Å². The molecule has 5 heteroatoms. The summed E-state index contributed by atoms with van der Waals surface area (Å²) in [4.78, 5) is 25.2. The van der Waals surface area contributed by atoms with Gasteiger partial charge in [0.2, 0.25) is 5.91 Å². The van der Waals surface area contributed by atoms with Crippen LogP contribution in [0.1, 0.15) is 39.0 Å². The number of aliphatic carboxylic acids is 1. The molecule has 1 fully saturated rings. The Morgan fingerprint density at radius 2 is 2.06 bits per heavy atom. The van der Waals surface area contributed by atoms with Crippen LogP contribution in [0.25, 0.3) is 0 Å². The first-order valence-corrected chi connectivity index (χ1v) is 7.84. The number of carbonyl (C=O) groups is 2. The third kappa shape index (κ3) is 3.19. The molecule has 0 bridgehead atoms. The number of amides is 1. The zero-order chi connectivity index (χ0) is 13.8. The van der Waals surface area contributed by atoms with Crippen molar-refractivity contribution >= 4 is 23.6 Å².